The van der Waals surface area contributed by atoms with Crippen LogP contribution in [0.2, 0.25) is 0 Å². The second-order valence-electron chi connectivity index (χ2n) is 3.33. The molecule has 2 nitrogen and oxygen atoms in total. The number of hydrogen-bond acceptors (Lipinski definition) is 2. The minimum absolute atomic E-state index is 0.0293. The average Bonchev–Trinajstić information content (AvgIpc) is 2.71. The van der Waals surface area contributed by atoms with Crippen LogP contribution in [-0.2, 0) is 9.47 Å². The largest absolute Gasteiger partial charge is 0.376 e. The van der Waals surface area contributed by atoms with E-state index in [4.69, 9.17) is 32.7 Å². The zero-order valence-corrected chi connectivity index (χ0v) is 11.0. The van der Waals surface area contributed by atoms with Gasteiger partial charge >= 0.3 is 0 Å². The molecule has 0 saturated carbocycles. The first-order valence-corrected chi connectivity index (χ1v) is 6.75. The summed E-state index contributed by atoms with van der Waals surface area (Å²) in [5.41, 5.74) is 0. The van der Waals surface area contributed by atoms with Crippen LogP contribution < -0.4 is 0 Å². The Kier molecular flexibility index (Phi) is 6.79. The Morgan fingerprint density at radius 2 is 2.21 bits per heavy atom. The summed E-state index contributed by atoms with van der Waals surface area (Å²) in [5.74, 6) is 0.957. The number of hydrogen-bond donors (Lipinski definition) is 0. The van der Waals surface area contributed by atoms with Gasteiger partial charge < -0.3 is 9.47 Å². The fourth-order valence-corrected chi connectivity index (χ4v) is 2.41. The first kappa shape index (κ1) is 13.0. The van der Waals surface area contributed by atoms with Crippen LogP contribution in [0.5, 0.6) is 0 Å². The molecule has 3 atom stereocenters. The van der Waals surface area contributed by atoms with Crippen molar-refractivity contribution >= 4 is 39.1 Å². The highest BCUT2D eigenvalue weighted by molar-refractivity contribution is 9.09. The molecule has 84 valence electrons. The molecule has 0 aliphatic carbocycles. The van der Waals surface area contributed by atoms with Crippen molar-refractivity contribution < 1.29 is 9.47 Å². The van der Waals surface area contributed by atoms with Gasteiger partial charge in [0.2, 0.25) is 0 Å². The predicted molar refractivity (Wildman–Crippen MR) is 62.9 cm³/mol. The number of ether oxygens (including phenoxy) is 2. The summed E-state index contributed by atoms with van der Waals surface area (Å²) in [6, 6.07) is 0. The maximum absolute atomic E-state index is 5.77. The van der Waals surface area contributed by atoms with E-state index in [1.54, 1.807) is 0 Å². The highest BCUT2D eigenvalue weighted by Crippen LogP contribution is 2.17. The predicted octanol–water partition coefficient (Wildman–Crippen LogP) is 2.79. The second-order valence-corrected chi connectivity index (χ2v) is 5.12. The van der Waals surface area contributed by atoms with E-state index in [0.29, 0.717) is 18.4 Å². The Morgan fingerprint density at radius 1 is 1.43 bits per heavy atom. The normalized spacial score (nSPS) is 26.4. The Labute approximate surface area is 103 Å². The molecular formula is C9H15BrCl2O2. The van der Waals surface area contributed by atoms with Gasteiger partial charge in [0.25, 0.3) is 0 Å². The SMILES string of the molecule is ClCC(Br)C(CCl)OCC1CCCO1. The van der Waals surface area contributed by atoms with Gasteiger partial charge in [-0.2, -0.15) is 0 Å². The lowest BCUT2D eigenvalue weighted by atomic mass is 10.2. The van der Waals surface area contributed by atoms with Crippen molar-refractivity contribution in [2.75, 3.05) is 25.0 Å². The summed E-state index contributed by atoms with van der Waals surface area (Å²) >= 11 is 14.9. The fraction of sp³-hybridized carbons (Fsp3) is 1.00. The van der Waals surface area contributed by atoms with Crippen molar-refractivity contribution in [2.45, 2.75) is 29.9 Å². The molecule has 0 N–H and O–H groups in total. The van der Waals surface area contributed by atoms with Crippen molar-refractivity contribution in [3.63, 3.8) is 0 Å². The summed E-state index contributed by atoms with van der Waals surface area (Å²) in [6.07, 6.45) is 2.43. The van der Waals surface area contributed by atoms with E-state index in [-0.39, 0.29) is 17.0 Å². The first-order chi connectivity index (χ1) is 6.77. The van der Waals surface area contributed by atoms with Gasteiger partial charge in [-0.25, -0.2) is 0 Å². The minimum atomic E-state index is -0.0293. The van der Waals surface area contributed by atoms with Gasteiger partial charge in [-0.05, 0) is 12.8 Å². The first-order valence-electron chi connectivity index (χ1n) is 4.77. The van der Waals surface area contributed by atoms with E-state index in [2.05, 4.69) is 15.9 Å². The monoisotopic (exact) mass is 304 g/mol. The third-order valence-corrected chi connectivity index (χ3v) is 4.15. The zero-order valence-electron chi connectivity index (χ0n) is 7.93. The average molecular weight is 306 g/mol. The van der Waals surface area contributed by atoms with E-state index in [1.807, 2.05) is 0 Å². The number of halogens is 3. The molecule has 3 unspecified atom stereocenters. The van der Waals surface area contributed by atoms with Crippen molar-refractivity contribution in [1.29, 1.82) is 0 Å². The molecule has 0 bridgehead atoms. The maximum Gasteiger partial charge on any atom is 0.0847 e. The van der Waals surface area contributed by atoms with Crippen LogP contribution in [0.15, 0.2) is 0 Å². The van der Waals surface area contributed by atoms with Crippen molar-refractivity contribution in [3.05, 3.63) is 0 Å². The van der Waals surface area contributed by atoms with Crippen LogP contribution in [0.3, 0.4) is 0 Å². The standard InChI is InChI=1S/C9H15BrCl2O2/c10-8(4-11)9(5-12)14-6-7-2-1-3-13-7/h7-9H,1-6H2. The van der Waals surface area contributed by atoms with Gasteiger partial charge in [0.15, 0.2) is 0 Å². The quantitative estimate of drug-likeness (QED) is 0.703. The molecule has 0 radical (unpaired) electrons. The molecule has 0 aromatic heterocycles. The smallest absolute Gasteiger partial charge is 0.0847 e. The van der Waals surface area contributed by atoms with Gasteiger partial charge in [0.05, 0.1) is 23.6 Å². The molecule has 1 aliphatic rings. The Hall–Kier alpha value is 0.980. The number of rotatable bonds is 6. The summed E-state index contributed by atoms with van der Waals surface area (Å²) < 4.78 is 11.1. The highest BCUT2D eigenvalue weighted by Gasteiger charge is 2.21. The van der Waals surface area contributed by atoms with E-state index >= 15 is 0 Å². The summed E-state index contributed by atoms with van der Waals surface area (Å²) in [4.78, 5) is 0.114. The molecule has 0 amide bonds. The second kappa shape index (κ2) is 7.29. The van der Waals surface area contributed by atoms with Crippen LogP contribution in [0.25, 0.3) is 0 Å². The number of alkyl halides is 3. The Bertz CT molecular complexity index is 154. The fourth-order valence-electron chi connectivity index (χ4n) is 1.35. The topological polar surface area (TPSA) is 18.5 Å². The molecule has 1 fully saturated rings. The van der Waals surface area contributed by atoms with Gasteiger partial charge in [-0.1, -0.05) is 15.9 Å². The van der Waals surface area contributed by atoms with E-state index in [9.17, 15) is 0 Å². The third kappa shape index (κ3) is 4.23. The van der Waals surface area contributed by atoms with Crippen LogP contribution in [0.4, 0.5) is 0 Å². The zero-order chi connectivity index (χ0) is 10.4. The molecule has 1 rings (SSSR count). The molecule has 0 aromatic rings. The highest BCUT2D eigenvalue weighted by atomic mass is 79.9. The maximum atomic E-state index is 5.77. The van der Waals surface area contributed by atoms with Crippen molar-refractivity contribution in [2.24, 2.45) is 0 Å². The van der Waals surface area contributed by atoms with Gasteiger partial charge in [0, 0.05) is 18.4 Å². The molecule has 1 aliphatic heterocycles. The van der Waals surface area contributed by atoms with Crippen molar-refractivity contribution in [1.82, 2.24) is 0 Å². The summed E-state index contributed by atoms with van der Waals surface area (Å²) in [7, 11) is 0. The molecule has 0 aromatic carbocycles. The molecule has 14 heavy (non-hydrogen) atoms. The Balaban J connectivity index is 2.19. The van der Waals surface area contributed by atoms with Gasteiger partial charge in [-0.15, -0.1) is 23.2 Å². The third-order valence-electron chi connectivity index (χ3n) is 2.22. The Morgan fingerprint density at radius 3 is 2.71 bits per heavy atom. The summed E-state index contributed by atoms with van der Waals surface area (Å²) in [5, 5.41) is 0. The van der Waals surface area contributed by atoms with E-state index in [0.717, 1.165) is 19.4 Å². The molecule has 1 heterocycles. The molecule has 1 saturated heterocycles. The molecular weight excluding hydrogens is 291 g/mol. The lowest BCUT2D eigenvalue weighted by Crippen LogP contribution is -2.30. The van der Waals surface area contributed by atoms with E-state index in [1.165, 1.54) is 0 Å². The lowest BCUT2D eigenvalue weighted by Gasteiger charge is -2.20. The van der Waals surface area contributed by atoms with Crippen LogP contribution in [0, 0.1) is 0 Å². The molecule has 0 spiro atoms. The van der Waals surface area contributed by atoms with Crippen molar-refractivity contribution in [3.8, 4) is 0 Å². The lowest BCUT2D eigenvalue weighted by molar-refractivity contribution is -0.0109. The summed E-state index contributed by atoms with van der Waals surface area (Å²) in [6.45, 7) is 1.48. The van der Waals surface area contributed by atoms with Crippen LogP contribution in [0.1, 0.15) is 12.8 Å². The van der Waals surface area contributed by atoms with Gasteiger partial charge in [0.1, 0.15) is 0 Å². The minimum Gasteiger partial charge on any atom is -0.376 e. The van der Waals surface area contributed by atoms with Crippen LogP contribution in [-0.4, -0.2) is 42.0 Å². The molecule has 5 heteroatoms. The van der Waals surface area contributed by atoms with E-state index < -0.39 is 0 Å². The van der Waals surface area contributed by atoms with Gasteiger partial charge in [-0.3, -0.25) is 0 Å². The van der Waals surface area contributed by atoms with Crippen LogP contribution >= 0.6 is 39.1 Å².